The van der Waals surface area contributed by atoms with E-state index in [1.54, 1.807) is 0 Å². The van der Waals surface area contributed by atoms with Gasteiger partial charge in [0.05, 0.1) is 0 Å². The zero-order chi connectivity index (χ0) is 7.97. The second kappa shape index (κ2) is 2.31. The number of nitrogens with one attached hydrogen (secondary N) is 1. The van der Waals surface area contributed by atoms with Crippen LogP contribution < -0.4 is 5.32 Å². The van der Waals surface area contributed by atoms with E-state index < -0.39 is 0 Å². The molecule has 1 N–H and O–H groups in total. The Morgan fingerprint density at radius 1 is 1.17 bits per heavy atom. The third-order valence-corrected chi connectivity index (χ3v) is 3.29. The van der Waals surface area contributed by atoms with Gasteiger partial charge in [-0.15, -0.1) is 11.3 Å². The first kappa shape index (κ1) is 6.63. The molecular weight excluding hydrogens is 166 g/mol. The van der Waals surface area contributed by atoms with Crippen molar-refractivity contribution in [3.63, 3.8) is 0 Å². The van der Waals surface area contributed by atoms with Crippen LogP contribution in [0.5, 0.6) is 0 Å². The largest absolute Gasteiger partial charge is 0.309 e. The van der Waals surface area contributed by atoms with Gasteiger partial charge in [0, 0.05) is 17.8 Å². The molecule has 0 saturated heterocycles. The summed E-state index contributed by atoms with van der Waals surface area (Å²) in [5.74, 6) is 0. The minimum atomic E-state index is 1.04. The van der Waals surface area contributed by atoms with Crippen molar-refractivity contribution >= 4 is 21.4 Å². The van der Waals surface area contributed by atoms with Crippen molar-refractivity contribution in [1.82, 2.24) is 5.32 Å². The fourth-order valence-corrected chi connectivity index (χ4v) is 2.59. The molecule has 60 valence electrons. The van der Waals surface area contributed by atoms with Crippen LogP contribution in [0.3, 0.4) is 0 Å². The first-order valence-electron chi connectivity index (χ1n) is 4.13. The molecule has 2 aromatic rings. The summed E-state index contributed by atoms with van der Waals surface area (Å²) in [5, 5.41) is 6.91. The lowest BCUT2D eigenvalue weighted by Gasteiger charge is -1.96. The van der Waals surface area contributed by atoms with E-state index in [4.69, 9.17) is 0 Å². The third-order valence-electron chi connectivity index (χ3n) is 2.41. The molecule has 0 atom stereocenters. The Morgan fingerprint density at radius 2 is 2.00 bits per heavy atom. The average molecular weight is 175 g/mol. The van der Waals surface area contributed by atoms with Crippen molar-refractivity contribution in [3.05, 3.63) is 34.7 Å². The predicted octanol–water partition coefficient (Wildman–Crippen LogP) is 2.50. The maximum absolute atomic E-state index is 3.36. The van der Waals surface area contributed by atoms with Gasteiger partial charge in [-0.3, -0.25) is 0 Å². The van der Waals surface area contributed by atoms with Gasteiger partial charge in [-0.1, -0.05) is 0 Å². The van der Waals surface area contributed by atoms with Crippen molar-refractivity contribution in [2.24, 2.45) is 0 Å². The molecule has 3 rings (SSSR count). The van der Waals surface area contributed by atoms with Gasteiger partial charge in [-0.2, -0.15) is 0 Å². The molecule has 0 saturated carbocycles. The normalized spacial score (nSPS) is 15.3. The van der Waals surface area contributed by atoms with E-state index in [0.29, 0.717) is 0 Å². The van der Waals surface area contributed by atoms with Crippen LogP contribution in [-0.2, 0) is 13.1 Å². The number of rotatable bonds is 0. The summed E-state index contributed by atoms with van der Waals surface area (Å²) in [6, 6.07) is 6.81. The summed E-state index contributed by atoms with van der Waals surface area (Å²) in [4.78, 5) is 0. The van der Waals surface area contributed by atoms with Gasteiger partial charge < -0.3 is 5.32 Å². The summed E-state index contributed by atoms with van der Waals surface area (Å²) in [6.07, 6.45) is 0. The summed E-state index contributed by atoms with van der Waals surface area (Å²) < 4.78 is 1.41. The third kappa shape index (κ3) is 0.822. The Bertz CT molecular complexity index is 392. The van der Waals surface area contributed by atoms with Crippen molar-refractivity contribution in [3.8, 4) is 0 Å². The fraction of sp³-hybridized carbons (Fsp3) is 0.200. The van der Waals surface area contributed by atoms with Crippen LogP contribution in [0, 0.1) is 0 Å². The SMILES string of the molecule is c1cc2cc3c(cc2s1)CNC3. The number of benzene rings is 1. The van der Waals surface area contributed by atoms with E-state index in [1.165, 1.54) is 21.2 Å². The summed E-state index contributed by atoms with van der Waals surface area (Å²) in [6.45, 7) is 2.09. The zero-order valence-electron chi connectivity index (χ0n) is 6.63. The molecule has 0 amide bonds. The first-order valence-corrected chi connectivity index (χ1v) is 5.01. The maximum Gasteiger partial charge on any atom is 0.0346 e. The summed E-state index contributed by atoms with van der Waals surface area (Å²) >= 11 is 1.83. The zero-order valence-corrected chi connectivity index (χ0v) is 7.45. The first-order chi connectivity index (χ1) is 5.93. The quantitative estimate of drug-likeness (QED) is 0.648. The monoisotopic (exact) mass is 175 g/mol. The van der Waals surface area contributed by atoms with Gasteiger partial charge in [0.1, 0.15) is 0 Å². The minimum Gasteiger partial charge on any atom is -0.309 e. The van der Waals surface area contributed by atoms with Gasteiger partial charge in [-0.05, 0) is 40.1 Å². The van der Waals surface area contributed by atoms with Crippen molar-refractivity contribution in [2.45, 2.75) is 13.1 Å². The van der Waals surface area contributed by atoms with Crippen LogP contribution in [0.15, 0.2) is 23.6 Å². The van der Waals surface area contributed by atoms with E-state index >= 15 is 0 Å². The van der Waals surface area contributed by atoms with E-state index in [-0.39, 0.29) is 0 Å². The molecule has 1 aromatic heterocycles. The molecule has 1 aliphatic heterocycles. The average Bonchev–Trinajstić information content (AvgIpc) is 2.64. The molecule has 1 aromatic carbocycles. The molecule has 0 unspecified atom stereocenters. The molecular formula is C10H9NS. The molecule has 0 aliphatic carbocycles. The van der Waals surface area contributed by atoms with E-state index in [9.17, 15) is 0 Å². The van der Waals surface area contributed by atoms with Crippen LogP contribution in [-0.4, -0.2) is 0 Å². The van der Waals surface area contributed by atoms with Crippen LogP contribution in [0.4, 0.5) is 0 Å². The van der Waals surface area contributed by atoms with Gasteiger partial charge in [0.2, 0.25) is 0 Å². The second-order valence-corrected chi connectivity index (χ2v) is 4.13. The summed E-state index contributed by atoms with van der Waals surface area (Å²) in [7, 11) is 0. The molecule has 0 spiro atoms. The molecule has 1 nitrogen and oxygen atoms in total. The molecule has 12 heavy (non-hydrogen) atoms. The van der Waals surface area contributed by atoms with E-state index in [0.717, 1.165) is 13.1 Å². The molecule has 0 bridgehead atoms. The second-order valence-electron chi connectivity index (χ2n) is 3.18. The highest BCUT2D eigenvalue weighted by atomic mass is 32.1. The highest BCUT2D eigenvalue weighted by Gasteiger charge is 2.10. The Labute approximate surface area is 75.0 Å². The smallest absolute Gasteiger partial charge is 0.0346 e. The van der Waals surface area contributed by atoms with Gasteiger partial charge in [0.25, 0.3) is 0 Å². The molecule has 2 heterocycles. The van der Waals surface area contributed by atoms with Crippen LogP contribution >= 0.6 is 11.3 Å². The Kier molecular flexibility index (Phi) is 1.28. The highest BCUT2D eigenvalue weighted by molar-refractivity contribution is 7.17. The molecule has 0 radical (unpaired) electrons. The number of fused-ring (bicyclic) bond motifs is 2. The molecule has 1 aliphatic rings. The van der Waals surface area contributed by atoms with Crippen molar-refractivity contribution < 1.29 is 0 Å². The topological polar surface area (TPSA) is 12.0 Å². The fourth-order valence-electron chi connectivity index (χ4n) is 1.76. The van der Waals surface area contributed by atoms with Gasteiger partial charge in [-0.25, -0.2) is 0 Å². The minimum absolute atomic E-state index is 1.04. The Morgan fingerprint density at radius 3 is 2.92 bits per heavy atom. The lowest BCUT2D eigenvalue weighted by atomic mass is 10.1. The molecule has 0 fully saturated rings. The van der Waals surface area contributed by atoms with E-state index in [1.807, 2.05) is 11.3 Å². The van der Waals surface area contributed by atoms with Crippen LogP contribution in [0.1, 0.15) is 11.1 Å². The lowest BCUT2D eigenvalue weighted by Crippen LogP contribution is -1.99. The Balaban J connectivity index is 2.38. The number of hydrogen-bond acceptors (Lipinski definition) is 2. The van der Waals surface area contributed by atoms with Crippen LogP contribution in [0.25, 0.3) is 10.1 Å². The Hall–Kier alpha value is -0.860. The highest BCUT2D eigenvalue weighted by Crippen LogP contribution is 2.26. The molecule has 2 heteroatoms. The predicted molar refractivity (Wildman–Crippen MR) is 52.4 cm³/mol. The number of hydrogen-bond donors (Lipinski definition) is 1. The van der Waals surface area contributed by atoms with Crippen molar-refractivity contribution in [1.29, 1.82) is 0 Å². The maximum atomic E-state index is 3.36. The van der Waals surface area contributed by atoms with Gasteiger partial charge >= 0.3 is 0 Å². The van der Waals surface area contributed by atoms with Gasteiger partial charge in [0.15, 0.2) is 0 Å². The number of thiophene rings is 1. The summed E-state index contributed by atoms with van der Waals surface area (Å²) in [5.41, 5.74) is 2.95. The lowest BCUT2D eigenvalue weighted by molar-refractivity contribution is 0.765. The van der Waals surface area contributed by atoms with Crippen LogP contribution in [0.2, 0.25) is 0 Å². The standard InChI is InChI=1S/C10H9NS/c1-2-12-10-4-9-6-11-5-8(9)3-7(1)10/h1-4,11H,5-6H2. The van der Waals surface area contributed by atoms with Crippen molar-refractivity contribution in [2.75, 3.05) is 0 Å². The van der Waals surface area contributed by atoms with E-state index in [2.05, 4.69) is 28.9 Å².